The van der Waals surface area contributed by atoms with Crippen LogP contribution in [0.1, 0.15) is 85.5 Å². The fourth-order valence-corrected chi connectivity index (χ4v) is 11.9. The Morgan fingerprint density at radius 3 is 2.06 bits per heavy atom. The maximum Gasteiger partial charge on any atom is 0.407 e. The van der Waals surface area contributed by atoms with Gasteiger partial charge in [-0.25, -0.2) is 19.6 Å². The summed E-state index contributed by atoms with van der Waals surface area (Å²) in [5, 5.41) is 7.65. The Labute approximate surface area is 380 Å². The van der Waals surface area contributed by atoms with Gasteiger partial charge >= 0.3 is 12.2 Å². The molecule has 4 N–H and O–H groups in total. The number of nitrogens with zero attached hydrogens (tertiary/aromatic N) is 4. The second-order valence-electron chi connectivity index (χ2n) is 18.7. The van der Waals surface area contributed by atoms with E-state index < -0.39 is 24.3 Å². The van der Waals surface area contributed by atoms with Gasteiger partial charge in [-0.1, -0.05) is 103 Å². The molecule has 2 aliphatic heterocycles. The Bertz CT molecular complexity index is 3070. The maximum absolute atomic E-state index is 14.5. The molecular weight excluding hydrogens is 833 g/mol. The molecule has 2 bridgehead atoms. The summed E-state index contributed by atoms with van der Waals surface area (Å²) in [5.74, 6) is 1.45. The third kappa shape index (κ3) is 6.28. The van der Waals surface area contributed by atoms with Crippen molar-refractivity contribution in [2.75, 3.05) is 14.2 Å². The maximum atomic E-state index is 14.5. The van der Waals surface area contributed by atoms with Crippen molar-refractivity contribution < 1.29 is 28.7 Å². The molecular formula is C52H48N8O6. The number of imidazole rings is 2. The summed E-state index contributed by atoms with van der Waals surface area (Å²) in [7, 11) is 2.60. The molecule has 14 nitrogen and oxygen atoms in total. The van der Waals surface area contributed by atoms with Crippen LogP contribution in [0.5, 0.6) is 0 Å². The van der Waals surface area contributed by atoms with E-state index in [0.29, 0.717) is 11.1 Å². The number of carbonyl (C=O) groups excluding carboxylic acids is 4. The van der Waals surface area contributed by atoms with Gasteiger partial charge in [0.2, 0.25) is 0 Å². The number of rotatable bonds is 10. The Kier molecular flexibility index (Phi) is 9.13. The first kappa shape index (κ1) is 40.1. The summed E-state index contributed by atoms with van der Waals surface area (Å²) in [6, 6.07) is 35.4. The molecule has 12 rings (SSSR count). The summed E-state index contributed by atoms with van der Waals surface area (Å²) < 4.78 is 9.84. The van der Waals surface area contributed by atoms with Gasteiger partial charge < -0.3 is 39.9 Å². The highest BCUT2D eigenvalue weighted by molar-refractivity contribution is 6.05. The Balaban J connectivity index is 0.786. The van der Waals surface area contributed by atoms with Gasteiger partial charge in [0.15, 0.2) is 0 Å². The molecule has 5 aromatic carbocycles. The van der Waals surface area contributed by atoms with Crippen molar-refractivity contribution in [3.8, 4) is 22.4 Å². The molecule has 7 aromatic rings. The quantitative estimate of drug-likeness (QED) is 0.105. The van der Waals surface area contributed by atoms with Gasteiger partial charge in [0, 0.05) is 16.8 Å². The van der Waals surface area contributed by atoms with Gasteiger partial charge in [-0.15, -0.1) is 0 Å². The van der Waals surface area contributed by atoms with Crippen LogP contribution in [0.2, 0.25) is 0 Å². The molecule has 4 amide bonds. The Morgan fingerprint density at radius 1 is 0.727 bits per heavy atom. The number of amides is 4. The topological polar surface area (TPSA) is 175 Å². The molecule has 0 spiro atoms. The third-order valence-electron chi connectivity index (χ3n) is 15.3. The zero-order valence-electron chi connectivity index (χ0n) is 36.5. The number of methoxy groups -OCH3 is 2. The van der Waals surface area contributed by atoms with Crippen molar-refractivity contribution in [3.05, 3.63) is 144 Å². The second-order valence-corrected chi connectivity index (χ2v) is 18.7. The van der Waals surface area contributed by atoms with Gasteiger partial charge in [0.1, 0.15) is 23.7 Å². The SMILES string of the molecule is COC(=O)N[C@@H](C(=O)N1[C@@H]2CC[C@@H](C2)[C@H]1c1ncc(-c2ccc(-c3ccc4c(ccc5[nH]c([C@@H]6CC78CC7(C8)N6C(=O)[C@H](NC(=O)OC)c6ccccc6)nc54)c3)cc2)[nH]1)c1ccccc1. The number of benzene rings is 5. The van der Waals surface area contributed by atoms with Gasteiger partial charge in [-0.05, 0) is 89.8 Å². The van der Waals surface area contributed by atoms with E-state index in [4.69, 9.17) is 19.4 Å². The summed E-state index contributed by atoms with van der Waals surface area (Å²) in [6.45, 7) is 0. The molecule has 4 heterocycles. The highest BCUT2D eigenvalue weighted by atomic mass is 16.5. The van der Waals surface area contributed by atoms with E-state index in [2.05, 4.69) is 75.2 Å². The normalized spacial score (nSPS) is 25.2. The first-order chi connectivity index (χ1) is 32.2. The first-order valence-electron chi connectivity index (χ1n) is 22.7. The van der Waals surface area contributed by atoms with Gasteiger partial charge in [0.25, 0.3) is 11.8 Å². The van der Waals surface area contributed by atoms with Crippen LogP contribution < -0.4 is 10.6 Å². The number of H-pyrrole nitrogens is 2. The van der Waals surface area contributed by atoms with E-state index >= 15 is 0 Å². The van der Waals surface area contributed by atoms with Crippen LogP contribution in [-0.2, 0) is 19.1 Å². The molecule has 0 radical (unpaired) electrons. The van der Waals surface area contributed by atoms with Crippen LogP contribution in [-0.4, -0.2) is 79.5 Å². The zero-order chi connectivity index (χ0) is 44.9. The lowest BCUT2D eigenvalue weighted by molar-refractivity contribution is -0.139. The van der Waals surface area contributed by atoms with Crippen molar-refractivity contribution in [1.82, 2.24) is 40.4 Å². The minimum Gasteiger partial charge on any atom is -0.453 e. The summed E-state index contributed by atoms with van der Waals surface area (Å²) in [4.78, 5) is 75.0. The standard InChI is InChI=1S/C52H48N8O6/c1-65-49(63)57-41(31-9-5-3-6-10-31)47(61)59-36-20-17-35(24-36)44(59)46-53-26-39(55-46)30-15-13-29(14-16-30)33-18-21-37-34(23-33)19-22-38-43(37)56-45(54-38)40-25-51-27-52(51,28-51)60(40)48(62)42(58-50(64)66-2)32-11-7-4-8-12-32/h3-16,18-19,21-23,26,35-36,40-42,44H,17,20,24-25,27-28H2,1-2H3,(H,53,55)(H,54,56)(H,57,63)(H,58,64)/t35-,36+,40-,41+,42+,44-,51?,52?/m0/s1. The first-order valence-corrected chi connectivity index (χ1v) is 22.7. The fraction of sp³-hybridized carbons (Fsp3) is 0.308. The van der Waals surface area contributed by atoms with Crippen LogP contribution in [0.3, 0.4) is 0 Å². The lowest BCUT2D eigenvalue weighted by Gasteiger charge is -2.36. The highest BCUT2D eigenvalue weighted by Gasteiger charge is 2.91. The Hall–Kier alpha value is -7.48. The largest absolute Gasteiger partial charge is 0.453 e. The smallest absolute Gasteiger partial charge is 0.407 e. The predicted octanol–water partition coefficient (Wildman–Crippen LogP) is 8.83. The number of alkyl carbamates (subject to hydrolysis) is 2. The number of ether oxygens (including phenoxy) is 2. The number of nitrogens with one attached hydrogen (secondary N) is 4. The van der Waals surface area contributed by atoms with E-state index in [1.165, 1.54) is 14.2 Å². The van der Waals surface area contributed by atoms with Crippen molar-refractivity contribution >= 4 is 45.8 Å². The number of hydrogen-bond donors (Lipinski definition) is 4. The average Bonchev–Trinajstić information content (AvgIpc) is 3.84. The summed E-state index contributed by atoms with van der Waals surface area (Å²) >= 11 is 0. The van der Waals surface area contributed by atoms with Gasteiger partial charge in [-0.3, -0.25) is 9.59 Å². The molecule has 66 heavy (non-hydrogen) atoms. The van der Waals surface area contributed by atoms with Crippen LogP contribution >= 0.6 is 0 Å². The lowest BCUT2D eigenvalue weighted by atomic mass is 9.96. The summed E-state index contributed by atoms with van der Waals surface area (Å²) in [6.07, 6.45) is 6.15. The van der Waals surface area contributed by atoms with E-state index in [9.17, 15) is 19.2 Å². The predicted molar refractivity (Wildman–Crippen MR) is 245 cm³/mol. The fourth-order valence-electron chi connectivity index (χ4n) is 11.9. The minimum absolute atomic E-state index is 0.0689. The van der Waals surface area contributed by atoms with Crippen molar-refractivity contribution in [3.63, 3.8) is 0 Å². The van der Waals surface area contributed by atoms with Gasteiger partial charge in [0.05, 0.1) is 54.8 Å². The number of aromatic amines is 2. The number of likely N-dealkylation sites (tertiary alicyclic amines) is 2. The molecule has 6 atom stereocenters. The van der Waals surface area contributed by atoms with E-state index in [-0.39, 0.29) is 46.8 Å². The van der Waals surface area contributed by atoms with E-state index in [1.54, 1.807) is 0 Å². The van der Waals surface area contributed by atoms with Crippen LogP contribution in [0.4, 0.5) is 9.59 Å². The number of aromatic nitrogens is 4. The van der Waals surface area contributed by atoms with Gasteiger partial charge in [-0.2, -0.15) is 0 Å². The average molecular weight is 881 g/mol. The van der Waals surface area contributed by atoms with Crippen LogP contribution in [0.25, 0.3) is 44.2 Å². The van der Waals surface area contributed by atoms with Crippen LogP contribution in [0.15, 0.2) is 121 Å². The van der Waals surface area contributed by atoms with Crippen molar-refractivity contribution in [2.45, 2.75) is 74.3 Å². The molecule has 2 saturated heterocycles. The zero-order valence-corrected chi connectivity index (χ0v) is 36.5. The molecule has 5 fully saturated rings. The number of piperidine rings is 3. The molecule has 332 valence electrons. The van der Waals surface area contributed by atoms with Crippen molar-refractivity contribution in [1.29, 1.82) is 0 Å². The molecule has 0 unspecified atom stereocenters. The number of fused-ring (bicyclic) bond motifs is 5. The number of hydrogen-bond acceptors (Lipinski definition) is 8. The van der Waals surface area contributed by atoms with Crippen LogP contribution in [0, 0.1) is 11.3 Å². The molecule has 5 aliphatic rings. The molecule has 14 heteroatoms. The lowest BCUT2D eigenvalue weighted by Crippen LogP contribution is -2.47. The van der Waals surface area contributed by atoms with E-state index in [1.807, 2.05) is 76.7 Å². The molecule has 3 saturated carbocycles. The number of carbonyl (C=O) groups is 4. The summed E-state index contributed by atoms with van der Waals surface area (Å²) in [5.41, 5.74) is 7.07. The van der Waals surface area contributed by atoms with Crippen molar-refractivity contribution in [2.24, 2.45) is 11.3 Å². The van der Waals surface area contributed by atoms with E-state index in [0.717, 1.165) is 94.4 Å². The second kappa shape index (κ2) is 15.0. The monoisotopic (exact) mass is 880 g/mol. The molecule has 3 aliphatic carbocycles. The Morgan fingerprint density at radius 2 is 1.38 bits per heavy atom. The molecule has 2 aromatic heterocycles. The highest BCUT2D eigenvalue weighted by Crippen LogP contribution is 2.89. The minimum atomic E-state index is -0.881. The third-order valence-corrected chi connectivity index (χ3v) is 15.3.